The lowest BCUT2D eigenvalue weighted by Crippen LogP contribution is -2.54. The van der Waals surface area contributed by atoms with Crippen LogP contribution < -0.4 is 5.73 Å². The number of hydrogen-bond donors (Lipinski definition) is 2. The van der Waals surface area contributed by atoms with Crippen LogP contribution in [-0.4, -0.2) is 70.4 Å². The third-order valence-corrected chi connectivity index (χ3v) is 23.3. The van der Waals surface area contributed by atoms with Crippen molar-refractivity contribution in [3.8, 4) is 6.07 Å². The number of amides is 1. The summed E-state index contributed by atoms with van der Waals surface area (Å²) in [5, 5.41) is 20.1. The van der Waals surface area contributed by atoms with E-state index in [0.29, 0.717) is 0 Å². The summed E-state index contributed by atoms with van der Waals surface area (Å²) in [5.74, 6) is -0.843. The molecule has 42 heavy (non-hydrogen) atoms. The van der Waals surface area contributed by atoms with Gasteiger partial charge in [0.1, 0.15) is 24.4 Å². The fraction of sp³-hybridized carbons (Fsp3) is 0.828. The van der Waals surface area contributed by atoms with Crippen LogP contribution in [-0.2, 0) is 18.0 Å². The number of ether oxygens (including phenoxy) is 1. The standard InChI is InChI=1S/C29H56N4O6Si3/c1-27(2,3)40(10,11)36-17-20-23(38-41(12,13)28(4,5)6)24(39-42(14,15)29(7,8)9)26(37-20)33-18-32-21(25(31)35)22(33)19(34)16-30/h18-20,23-24,26,34H,17H2,1-15H3,(H2,31,35)/t19?,20-,23-,24-,26-/m1/s1. The molecule has 0 aliphatic carbocycles. The molecule has 1 fully saturated rings. The molecular formula is C29H56N4O6Si3. The average molecular weight is 641 g/mol. The molecule has 0 radical (unpaired) electrons. The summed E-state index contributed by atoms with van der Waals surface area (Å²) in [5.41, 5.74) is 5.40. The molecule has 3 N–H and O–H groups in total. The van der Waals surface area contributed by atoms with E-state index in [9.17, 15) is 15.2 Å². The van der Waals surface area contributed by atoms with Crippen molar-refractivity contribution in [2.24, 2.45) is 5.73 Å². The van der Waals surface area contributed by atoms with Gasteiger partial charge in [-0.1, -0.05) is 62.3 Å². The Morgan fingerprint density at radius 1 is 0.976 bits per heavy atom. The van der Waals surface area contributed by atoms with E-state index in [-0.39, 0.29) is 33.1 Å². The van der Waals surface area contributed by atoms with Gasteiger partial charge in [-0.3, -0.25) is 4.79 Å². The predicted octanol–water partition coefficient (Wildman–Crippen LogP) is 6.24. The van der Waals surface area contributed by atoms with Crippen LogP contribution in [0.1, 0.15) is 90.8 Å². The fourth-order valence-electron chi connectivity index (χ4n) is 3.97. The van der Waals surface area contributed by atoms with Gasteiger partial charge >= 0.3 is 0 Å². The quantitative estimate of drug-likeness (QED) is 0.226. The molecule has 1 aromatic heterocycles. The maximum absolute atomic E-state index is 12.3. The molecule has 0 aromatic carbocycles. The fourth-order valence-corrected chi connectivity index (χ4v) is 7.59. The molecule has 1 amide bonds. The van der Waals surface area contributed by atoms with Gasteiger partial charge in [-0.05, 0) is 54.4 Å². The van der Waals surface area contributed by atoms with Crippen LogP contribution in [0.15, 0.2) is 6.33 Å². The highest BCUT2D eigenvalue weighted by atomic mass is 28.4. The third kappa shape index (κ3) is 7.63. The van der Waals surface area contributed by atoms with Crippen LogP contribution in [0, 0.1) is 11.3 Å². The maximum atomic E-state index is 12.3. The van der Waals surface area contributed by atoms with E-state index in [4.69, 9.17) is 23.7 Å². The maximum Gasteiger partial charge on any atom is 0.269 e. The van der Waals surface area contributed by atoms with Crippen LogP contribution in [0.25, 0.3) is 0 Å². The van der Waals surface area contributed by atoms with Crippen molar-refractivity contribution in [1.29, 1.82) is 5.26 Å². The first-order valence-corrected chi connectivity index (χ1v) is 23.5. The molecule has 1 unspecified atom stereocenters. The molecule has 1 aromatic rings. The van der Waals surface area contributed by atoms with Gasteiger partial charge in [0.05, 0.1) is 18.6 Å². The van der Waals surface area contributed by atoms with Gasteiger partial charge in [-0.15, -0.1) is 0 Å². The van der Waals surface area contributed by atoms with Crippen LogP contribution >= 0.6 is 0 Å². The van der Waals surface area contributed by atoms with Crippen molar-refractivity contribution in [2.75, 3.05) is 6.61 Å². The summed E-state index contributed by atoms with van der Waals surface area (Å²) in [6, 6.07) is 1.81. The van der Waals surface area contributed by atoms with Crippen molar-refractivity contribution in [2.45, 2.75) is 147 Å². The highest BCUT2D eigenvalue weighted by Crippen LogP contribution is 2.47. The number of rotatable bonds is 10. The average Bonchev–Trinajstić information content (AvgIpc) is 3.37. The summed E-state index contributed by atoms with van der Waals surface area (Å²) < 4.78 is 29.2. The summed E-state index contributed by atoms with van der Waals surface area (Å²) in [7, 11) is -6.95. The van der Waals surface area contributed by atoms with Gasteiger partial charge in [0.15, 0.2) is 43.0 Å². The number of nitrogens with zero attached hydrogens (tertiary/aromatic N) is 3. The minimum absolute atomic E-state index is 0.0113. The zero-order valence-corrected chi connectivity index (χ0v) is 31.6. The number of carbonyl (C=O) groups excluding carboxylic acids is 1. The zero-order valence-electron chi connectivity index (χ0n) is 28.6. The number of aliphatic hydroxyl groups excluding tert-OH is 1. The third-order valence-electron chi connectivity index (χ3n) is 9.89. The second kappa shape index (κ2) is 12.2. The van der Waals surface area contributed by atoms with Crippen molar-refractivity contribution in [3.05, 3.63) is 17.7 Å². The van der Waals surface area contributed by atoms with Gasteiger partial charge < -0.3 is 33.4 Å². The van der Waals surface area contributed by atoms with Crippen LogP contribution in [0.5, 0.6) is 0 Å². The normalized spacial score (nSPS) is 23.6. The second-order valence-corrected chi connectivity index (χ2v) is 30.4. The molecule has 2 heterocycles. The van der Waals surface area contributed by atoms with Gasteiger partial charge in [0.25, 0.3) is 5.91 Å². The first-order chi connectivity index (χ1) is 18.7. The number of nitriles is 1. The first-order valence-electron chi connectivity index (χ1n) is 14.8. The molecule has 10 nitrogen and oxygen atoms in total. The lowest BCUT2D eigenvalue weighted by atomic mass is 10.1. The number of aliphatic hydroxyl groups is 1. The number of aromatic nitrogens is 2. The number of nitrogens with two attached hydrogens (primary N) is 1. The highest BCUT2D eigenvalue weighted by Gasteiger charge is 2.55. The summed E-state index contributed by atoms with van der Waals surface area (Å²) >= 11 is 0. The van der Waals surface area contributed by atoms with E-state index in [1.54, 1.807) is 0 Å². The molecule has 1 aliphatic rings. The molecule has 5 atom stereocenters. The van der Waals surface area contributed by atoms with Gasteiger partial charge in [-0.25, -0.2) is 4.98 Å². The molecule has 0 bridgehead atoms. The monoisotopic (exact) mass is 640 g/mol. The molecule has 240 valence electrons. The Morgan fingerprint density at radius 2 is 1.43 bits per heavy atom. The lowest BCUT2D eigenvalue weighted by Gasteiger charge is -2.44. The first kappa shape index (κ1) is 36.8. The number of hydrogen-bond acceptors (Lipinski definition) is 8. The number of imidazole rings is 1. The van der Waals surface area contributed by atoms with Gasteiger partial charge in [0, 0.05) is 0 Å². The molecule has 0 saturated carbocycles. The zero-order chi connectivity index (χ0) is 32.9. The van der Waals surface area contributed by atoms with E-state index in [1.165, 1.54) is 10.9 Å². The molecule has 13 heteroatoms. The SMILES string of the molecule is CC(C)(C)[Si](C)(C)OC[C@H]1O[C@@H](n2cnc(C(N)=O)c2C(O)C#N)[C@H](O[Si](C)(C)C(C)(C)C)[C@@H]1O[Si](C)(C)C(C)(C)C. The minimum atomic E-state index is -2.42. The molecule has 1 saturated heterocycles. The summed E-state index contributed by atoms with van der Waals surface area (Å²) in [4.78, 5) is 16.5. The second-order valence-electron chi connectivity index (χ2n) is 16.1. The largest absolute Gasteiger partial charge is 0.414 e. The molecule has 1 aliphatic heterocycles. The molecule has 0 spiro atoms. The van der Waals surface area contributed by atoms with Crippen LogP contribution in [0.2, 0.25) is 54.4 Å². The van der Waals surface area contributed by atoms with E-state index in [2.05, 4.69) is 107 Å². The Hall–Kier alpha value is -1.38. The van der Waals surface area contributed by atoms with Crippen molar-refractivity contribution < 1.29 is 27.9 Å². The van der Waals surface area contributed by atoms with Crippen LogP contribution in [0.4, 0.5) is 0 Å². The highest BCUT2D eigenvalue weighted by molar-refractivity contribution is 6.75. The molecule has 2 rings (SSSR count). The van der Waals surface area contributed by atoms with E-state index in [0.717, 1.165) is 0 Å². The van der Waals surface area contributed by atoms with E-state index in [1.807, 2.05) is 6.07 Å². The molecular weight excluding hydrogens is 585 g/mol. The van der Waals surface area contributed by atoms with Crippen molar-refractivity contribution in [3.63, 3.8) is 0 Å². The van der Waals surface area contributed by atoms with Gasteiger partial charge in [-0.2, -0.15) is 5.26 Å². The topological polar surface area (TPSA) is 142 Å². The Morgan fingerprint density at radius 3 is 1.83 bits per heavy atom. The minimum Gasteiger partial charge on any atom is -0.414 e. The Kier molecular flexibility index (Phi) is 10.7. The summed E-state index contributed by atoms with van der Waals surface area (Å²) in [6.07, 6.45) is -2.76. The van der Waals surface area contributed by atoms with Crippen molar-refractivity contribution in [1.82, 2.24) is 9.55 Å². The smallest absolute Gasteiger partial charge is 0.269 e. The van der Waals surface area contributed by atoms with Gasteiger partial charge in [0.2, 0.25) is 0 Å². The predicted molar refractivity (Wildman–Crippen MR) is 173 cm³/mol. The number of carbonyl (C=O) groups is 1. The summed E-state index contributed by atoms with van der Waals surface area (Å²) in [6.45, 7) is 33.0. The Balaban J connectivity index is 2.78. The van der Waals surface area contributed by atoms with Crippen molar-refractivity contribution >= 4 is 30.9 Å². The van der Waals surface area contributed by atoms with Crippen LogP contribution in [0.3, 0.4) is 0 Å². The Bertz CT molecular complexity index is 1160. The lowest BCUT2D eigenvalue weighted by molar-refractivity contribution is -0.0514. The van der Waals surface area contributed by atoms with E-state index < -0.39 is 61.5 Å². The Labute approximate surface area is 256 Å². The van der Waals surface area contributed by atoms with E-state index >= 15 is 0 Å². The number of primary amides is 1.